The lowest BCUT2D eigenvalue weighted by Gasteiger charge is -2.29. The molecule has 29 heavy (non-hydrogen) atoms. The smallest absolute Gasteiger partial charge is 0.242 e. The van der Waals surface area contributed by atoms with Crippen LogP contribution in [-0.2, 0) is 22.6 Å². The molecule has 5 heteroatoms. The molecule has 0 aliphatic carbocycles. The highest BCUT2D eigenvalue weighted by Gasteiger charge is 2.26. The second-order valence-electron chi connectivity index (χ2n) is 7.67. The Bertz CT molecular complexity index is 790. The van der Waals surface area contributed by atoms with E-state index in [2.05, 4.69) is 5.32 Å². The molecule has 2 aromatic rings. The highest BCUT2D eigenvalue weighted by atomic mass is 16.5. The van der Waals surface area contributed by atoms with Crippen LogP contribution < -0.4 is 10.1 Å². The van der Waals surface area contributed by atoms with Gasteiger partial charge in [-0.25, -0.2) is 0 Å². The number of amides is 2. The van der Waals surface area contributed by atoms with E-state index in [9.17, 15) is 9.59 Å². The maximum atomic E-state index is 13.1. The fourth-order valence-corrected chi connectivity index (χ4v) is 3.04. The van der Waals surface area contributed by atoms with E-state index in [4.69, 9.17) is 4.74 Å². The zero-order chi connectivity index (χ0) is 21.2. The van der Waals surface area contributed by atoms with Crippen molar-refractivity contribution in [3.8, 4) is 5.75 Å². The van der Waals surface area contributed by atoms with Crippen molar-refractivity contribution in [1.82, 2.24) is 10.2 Å². The molecule has 0 spiro atoms. The molecule has 0 bridgehead atoms. The van der Waals surface area contributed by atoms with Gasteiger partial charge in [-0.1, -0.05) is 56.3 Å². The van der Waals surface area contributed by atoms with E-state index in [0.29, 0.717) is 31.8 Å². The van der Waals surface area contributed by atoms with Crippen molar-refractivity contribution >= 4 is 11.8 Å². The van der Waals surface area contributed by atoms with Gasteiger partial charge in [-0.15, -0.1) is 0 Å². The summed E-state index contributed by atoms with van der Waals surface area (Å²) in [5.74, 6) is 0.918. The summed E-state index contributed by atoms with van der Waals surface area (Å²) in [7, 11) is 1.61. The Labute approximate surface area is 174 Å². The number of nitrogens with one attached hydrogen (secondary N) is 1. The minimum atomic E-state index is -0.553. The molecule has 0 fully saturated rings. The first-order valence-corrected chi connectivity index (χ1v) is 10.1. The molecule has 2 amide bonds. The van der Waals surface area contributed by atoms with Gasteiger partial charge in [0.25, 0.3) is 0 Å². The molecule has 2 aromatic carbocycles. The van der Waals surface area contributed by atoms with Crippen LogP contribution in [0.1, 0.15) is 38.3 Å². The first kappa shape index (κ1) is 22.5. The van der Waals surface area contributed by atoms with E-state index in [0.717, 1.165) is 16.9 Å². The van der Waals surface area contributed by atoms with Crippen LogP contribution in [-0.4, -0.2) is 36.4 Å². The van der Waals surface area contributed by atoms with Gasteiger partial charge in [0.05, 0.1) is 7.11 Å². The van der Waals surface area contributed by atoms with Crippen LogP contribution in [0.4, 0.5) is 0 Å². The average Bonchev–Trinajstić information content (AvgIpc) is 2.74. The molecule has 0 aliphatic rings. The number of aryl methyl sites for hydroxylation is 1. The third kappa shape index (κ3) is 7.26. The predicted molar refractivity (Wildman–Crippen MR) is 116 cm³/mol. The van der Waals surface area contributed by atoms with Crippen LogP contribution in [0.25, 0.3) is 0 Å². The monoisotopic (exact) mass is 396 g/mol. The summed E-state index contributed by atoms with van der Waals surface area (Å²) in [6.45, 7) is 6.83. The first-order chi connectivity index (χ1) is 13.9. The number of carbonyl (C=O) groups is 2. The van der Waals surface area contributed by atoms with Crippen LogP contribution >= 0.6 is 0 Å². The Morgan fingerprint density at radius 3 is 2.34 bits per heavy atom. The summed E-state index contributed by atoms with van der Waals surface area (Å²) >= 11 is 0. The van der Waals surface area contributed by atoms with Crippen molar-refractivity contribution in [2.75, 3.05) is 13.7 Å². The van der Waals surface area contributed by atoms with Crippen molar-refractivity contribution in [3.63, 3.8) is 0 Å². The molecule has 0 radical (unpaired) electrons. The molecule has 2 rings (SSSR count). The maximum Gasteiger partial charge on any atom is 0.242 e. The van der Waals surface area contributed by atoms with Gasteiger partial charge in [0.15, 0.2) is 0 Å². The molecule has 5 nitrogen and oxygen atoms in total. The van der Waals surface area contributed by atoms with Crippen molar-refractivity contribution in [2.24, 2.45) is 5.92 Å². The Balaban J connectivity index is 2.14. The SMILES string of the molecule is COc1cccc(CN(C(=O)CCc2ccccc2)[C@H](C)C(=O)NCC(C)C)c1. The Hall–Kier alpha value is -2.82. The topological polar surface area (TPSA) is 58.6 Å². The molecule has 0 heterocycles. The molecular weight excluding hydrogens is 364 g/mol. The van der Waals surface area contributed by atoms with Gasteiger partial charge in [-0.3, -0.25) is 9.59 Å². The molecular formula is C24H32N2O3. The molecule has 156 valence electrons. The highest BCUT2D eigenvalue weighted by molar-refractivity contribution is 5.87. The zero-order valence-corrected chi connectivity index (χ0v) is 17.9. The number of hydrogen-bond acceptors (Lipinski definition) is 3. The standard InChI is InChI=1S/C24H32N2O3/c1-18(2)16-25-24(28)19(3)26(17-21-11-8-12-22(15-21)29-4)23(27)14-13-20-9-6-5-7-10-20/h5-12,15,18-19H,13-14,16-17H2,1-4H3,(H,25,28)/t19-/m1/s1. The van der Waals surface area contributed by atoms with Crippen LogP contribution in [0.5, 0.6) is 5.75 Å². The van der Waals surface area contributed by atoms with Gasteiger partial charge in [0.1, 0.15) is 11.8 Å². The lowest BCUT2D eigenvalue weighted by molar-refractivity contribution is -0.140. The molecule has 1 N–H and O–H groups in total. The summed E-state index contributed by atoms with van der Waals surface area (Å²) in [5.41, 5.74) is 2.04. The van der Waals surface area contributed by atoms with Gasteiger partial charge in [-0.05, 0) is 42.5 Å². The Morgan fingerprint density at radius 1 is 1.00 bits per heavy atom. The largest absolute Gasteiger partial charge is 0.497 e. The van der Waals surface area contributed by atoms with Gasteiger partial charge < -0.3 is 15.0 Å². The molecule has 1 atom stereocenters. The summed E-state index contributed by atoms with van der Waals surface area (Å²) in [6, 6.07) is 17.0. The number of nitrogens with zero attached hydrogens (tertiary/aromatic N) is 1. The summed E-state index contributed by atoms with van der Waals surface area (Å²) in [4.78, 5) is 27.4. The molecule has 0 saturated heterocycles. The quantitative estimate of drug-likeness (QED) is 0.664. The predicted octanol–water partition coefficient (Wildman–Crippen LogP) is 3.82. The molecule has 0 aromatic heterocycles. The van der Waals surface area contributed by atoms with Gasteiger partial charge in [-0.2, -0.15) is 0 Å². The molecule has 0 unspecified atom stereocenters. The molecule has 0 aliphatic heterocycles. The summed E-state index contributed by atoms with van der Waals surface area (Å²) in [6.07, 6.45) is 1.00. The maximum absolute atomic E-state index is 13.1. The van der Waals surface area contributed by atoms with E-state index in [1.165, 1.54) is 0 Å². The van der Waals surface area contributed by atoms with E-state index in [-0.39, 0.29) is 11.8 Å². The third-order valence-corrected chi connectivity index (χ3v) is 4.81. The fourth-order valence-electron chi connectivity index (χ4n) is 3.04. The summed E-state index contributed by atoms with van der Waals surface area (Å²) < 4.78 is 5.29. The van der Waals surface area contributed by atoms with E-state index < -0.39 is 6.04 Å². The van der Waals surface area contributed by atoms with Crippen molar-refractivity contribution in [2.45, 2.75) is 46.2 Å². The minimum Gasteiger partial charge on any atom is -0.497 e. The zero-order valence-electron chi connectivity index (χ0n) is 17.9. The number of carbonyl (C=O) groups excluding carboxylic acids is 2. The lowest BCUT2D eigenvalue weighted by atomic mass is 10.1. The Kier molecular flexibility index (Phi) is 8.71. The normalized spacial score (nSPS) is 11.8. The van der Waals surface area contributed by atoms with Crippen LogP contribution in [0.2, 0.25) is 0 Å². The number of hydrogen-bond donors (Lipinski definition) is 1. The number of methoxy groups -OCH3 is 1. The van der Waals surface area contributed by atoms with Gasteiger partial charge in [0, 0.05) is 19.5 Å². The number of rotatable bonds is 10. The third-order valence-electron chi connectivity index (χ3n) is 4.81. The minimum absolute atomic E-state index is 0.0381. The lowest BCUT2D eigenvalue weighted by Crippen LogP contribution is -2.48. The van der Waals surface area contributed by atoms with Crippen LogP contribution in [0.3, 0.4) is 0 Å². The van der Waals surface area contributed by atoms with E-state index in [1.807, 2.05) is 68.4 Å². The Morgan fingerprint density at radius 2 is 1.69 bits per heavy atom. The first-order valence-electron chi connectivity index (χ1n) is 10.1. The van der Waals surface area contributed by atoms with Crippen molar-refractivity contribution < 1.29 is 14.3 Å². The molecule has 0 saturated carbocycles. The van der Waals surface area contributed by atoms with Gasteiger partial charge >= 0.3 is 0 Å². The number of ether oxygens (including phenoxy) is 1. The van der Waals surface area contributed by atoms with Crippen LogP contribution in [0.15, 0.2) is 54.6 Å². The second-order valence-corrected chi connectivity index (χ2v) is 7.67. The van der Waals surface area contributed by atoms with Crippen molar-refractivity contribution in [1.29, 1.82) is 0 Å². The van der Waals surface area contributed by atoms with Gasteiger partial charge in [0.2, 0.25) is 11.8 Å². The van der Waals surface area contributed by atoms with Crippen LogP contribution in [0, 0.1) is 5.92 Å². The van der Waals surface area contributed by atoms with Crippen molar-refractivity contribution in [3.05, 3.63) is 65.7 Å². The highest BCUT2D eigenvalue weighted by Crippen LogP contribution is 2.17. The summed E-state index contributed by atoms with van der Waals surface area (Å²) in [5, 5.41) is 2.94. The number of benzene rings is 2. The second kappa shape index (κ2) is 11.2. The fraction of sp³-hybridized carbons (Fsp3) is 0.417. The average molecular weight is 397 g/mol. The van der Waals surface area contributed by atoms with E-state index in [1.54, 1.807) is 18.9 Å². The van der Waals surface area contributed by atoms with E-state index >= 15 is 0 Å².